The van der Waals surface area contributed by atoms with E-state index in [1.807, 2.05) is 0 Å². The zero-order chi connectivity index (χ0) is 15.4. The van der Waals surface area contributed by atoms with Crippen LogP contribution >= 0.6 is 11.8 Å². The number of carboxylic acids is 1. The van der Waals surface area contributed by atoms with Crippen LogP contribution in [-0.4, -0.2) is 17.0 Å². The molecule has 21 heavy (non-hydrogen) atoms. The third-order valence-corrected chi connectivity index (χ3v) is 3.86. The van der Waals surface area contributed by atoms with E-state index in [1.165, 1.54) is 36.0 Å². The Morgan fingerprint density at radius 1 is 1.14 bits per heavy atom. The molecular weight excluding hydrogens is 293 g/mol. The standard InChI is InChI=1S/C15H12FNO3S/c16-13-7-9(14(17)18)4-5-11(13)8-21-12-3-1-2-10(6-12)15(19)20/h1-7H,8H2,(H2,17,18)(H,19,20). The van der Waals surface area contributed by atoms with Crippen molar-refractivity contribution in [2.24, 2.45) is 5.73 Å². The summed E-state index contributed by atoms with van der Waals surface area (Å²) < 4.78 is 13.8. The van der Waals surface area contributed by atoms with Crippen molar-refractivity contribution < 1.29 is 19.1 Å². The number of carbonyl (C=O) groups is 2. The third-order valence-electron chi connectivity index (χ3n) is 2.81. The number of benzene rings is 2. The van der Waals surface area contributed by atoms with Crippen molar-refractivity contribution in [1.82, 2.24) is 0 Å². The first kappa shape index (κ1) is 15.1. The lowest BCUT2D eigenvalue weighted by Crippen LogP contribution is -2.11. The average Bonchev–Trinajstić information content (AvgIpc) is 2.46. The second-order valence-corrected chi connectivity index (χ2v) is 5.34. The normalized spacial score (nSPS) is 10.3. The van der Waals surface area contributed by atoms with Gasteiger partial charge in [0.1, 0.15) is 5.82 Å². The molecule has 2 aromatic rings. The Bertz CT molecular complexity index is 703. The van der Waals surface area contributed by atoms with Gasteiger partial charge in [0.05, 0.1) is 5.56 Å². The minimum absolute atomic E-state index is 0.120. The molecule has 0 fully saturated rings. The van der Waals surface area contributed by atoms with E-state index in [1.54, 1.807) is 12.1 Å². The van der Waals surface area contributed by atoms with E-state index in [0.717, 1.165) is 11.0 Å². The summed E-state index contributed by atoms with van der Waals surface area (Å²) in [7, 11) is 0. The van der Waals surface area contributed by atoms with Crippen LogP contribution in [0.4, 0.5) is 4.39 Å². The zero-order valence-corrected chi connectivity index (χ0v) is 11.7. The summed E-state index contributed by atoms with van der Waals surface area (Å²) in [6.07, 6.45) is 0. The fourth-order valence-corrected chi connectivity index (χ4v) is 2.64. The maximum absolute atomic E-state index is 13.8. The van der Waals surface area contributed by atoms with E-state index in [2.05, 4.69) is 0 Å². The smallest absolute Gasteiger partial charge is 0.335 e. The van der Waals surface area contributed by atoms with Gasteiger partial charge in [0.15, 0.2) is 0 Å². The van der Waals surface area contributed by atoms with Gasteiger partial charge in [0, 0.05) is 16.2 Å². The van der Waals surface area contributed by atoms with Crippen LogP contribution in [0.3, 0.4) is 0 Å². The number of halogens is 1. The Labute approximate surface area is 124 Å². The topological polar surface area (TPSA) is 80.4 Å². The molecule has 3 N–H and O–H groups in total. The van der Waals surface area contributed by atoms with Gasteiger partial charge < -0.3 is 10.8 Å². The van der Waals surface area contributed by atoms with Gasteiger partial charge >= 0.3 is 5.97 Å². The van der Waals surface area contributed by atoms with Crippen LogP contribution in [0.25, 0.3) is 0 Å². The minimum atomic E-state index is -1.01. The molecule has 0 radical (unpaired) electrons. The number of carboxylic acid groups (broad SMARTS) is 1. The highest BCUT2D eigenvalue weighted by Gasteiger charge is 2.08. The Balaban J connectivity index is 2.11. The van der Waals surface area contributed by atoms with Gasteiger partial charge in [-0.05, 0) is 35.9 Å². The van der Waals surface area contributed by atoms with Gasteiger partial charge in [-0.1, -0.05) is 12.1 Å². The Morgan fingerprint density at radius 2 is 1.90 bits per heavy atom. The summed E-state index contributed by atoms with van der Waals surface area (Å²) in [6.45, 7) is 0. The average molecular weight is 305 g/mol. The molecule has 1 amide bonds. The number of rotatable bonds is 5. The number of thioether (sulfide) groups is 1. The minimum Gasteiger partial charge on any atom is -0.478 e. The SMILES string of the molecule is NC(=O)c1ccc(CSc2cccc(C(=O)O)c2)c(F)c1. The first-order chi connectivity index (χ1) is 9.97. The lowest BCUT2D eigenvalue weighted by Gasteiger charge is -2.05. The molecule has 0 aliphatic rings. The molecule has 2 rings (SSSR count). The predicted molar refractivity (Wildman–Crippen MR) is 77.9 cm³/mol. The molecule has 0 unspecified atom stereocenters. The van der Waals surface area contributed by atoms with Crippen molar-refractivity contribution in [2.45, 2.75) is 10.6 Å². The molecule has 0 aliphatic carbocycles. The van der Waals surface area contributed by atoms with Crippen molar-refractivity contribution in [3.63, 3.8) is 0 Å². The van der Waals surface area contributed by atoms with Crippen molar-refractivity contribution >= 4 is 23.6 Å². The monoisotopic (exact) mass is 305 g/mol. The van der Waals surface area contributed by atoms with E-state index >= 15 is 0 Å². The lowest BCUT2D eigenvalue weighted by atomic mass is 10.1. The van der Waals surface area contributed by atoms with Gasteiger partial charge in [0.2, 0.25) is 5.91 Å². The second-order valence-electron chi connectivity index (χ2n) is 4.29. The van der Waals surface area contributed by atoms with Gasteiger partial charge in [-0.25, -0.2) is 9.18 Å². The van der Waals surface area contributed by atoms with Crippen LogP contribution in [0.2, 0.25) is 0 Å². The van der Waals surface area contributed by atoms with Crippen LogP contribution in [-0.2, 0) is 5.75 Å². The van der Waals surface area contributed by atoms with Gasteiger partial charge in [0.25, 0.3) is 0 Å². The number of nitrogens with two attached hydrogens (primary N) is 1. The van der Waals surface area contributed by atoms with E-state index in [-0.39, 0.29) is 11.1 Å². The molecule has 0 bridgehead atoms. The highest BCUT2D eigenvalue weighted by molar-refractivity contribution is 7.98. The summed E-state index contributed by atoms with van der Waals surface area (Å²) in [6, 6.07) is 10.5. The summed E-state index contributed by atoms with van der Waals surface area (Å²) in [5.41, 5.74) is 5.80. The largest absolute Gasteiger partial charge is 0.478 e. The van der Waals surface area contributed by atoms with E-state index < -0.39 is 17.7 Å². The van der Waals surface area contributed by atoms with Gasteiger partial charge in [-0.2, -0.15) is 0 Å². The number of carbonyl (C=O) groups excluding carboxylic acids is 1. The van der Waals surface area contributed by atoms with Crippen LogP contribution in [0.5, 0.6) is 0 Å². The van der Waals surface area contributed by atoms with Crippen LogP contribution in [0.15, 0.2) is 47.4 Å². The highest BCUT2D eigenvalue weighted by Crippen LogP contribution is 2.25. The molecule has 0 heterocycles. The van der Waals surface area contributed by atoms with Crippen molar-refractivity contribution in [1.29, 1.82) is 0 Å². The maximum atomic E-state index is 13.8. The molecule has 0 aliphatic heterocycles. The fraction of sp³-hybridized carbons (Fsp3) is 0.0667. The van der Waals surface area contributed by atoms with Crippen LogP contribution < -0.4 is 5.73 Å². The molecule has 0 aromatic heterocycles. The molecule has 0 atom stereocenters. The summed E-state index contributed by atoms with van der Waals surface area (Å²) >= 11 is 1.31. The molecule has 2 aromatic carbocycles. The Kier molecular flexibility index (Phi) is 4.59. The van der Waals surface area contributed by atoms with Crippen molar-refractivity contribution in [2.75, 3.05) is 0 Å². The van der Waals surface area contributed by atoms with Crippen molar-refractivity contribution in [3.05, 3.63) is 65.0 Å². The molecule has 6 heteroatoms. The summed E-state index contributed by atoms with van der Waals surface area (Å²) in [5, 5.41) is 8.91. The quantitative estimate of drug-likeness (QED) is 0.832. The van der Waals surface area contributed by atoms with Crippen molar-refractivity contribution in [3.8, 4) is 0 Å². The first-order valence-electron chi connectivity index (χ1n) is 6.02. The Hall–Kier alpha value is -2.34. The third kappa shape index (κ3) is 3.82. The molecule has 0 saturated carbocycles. The molecular formula is C15H12FNO3S. The second kappa shape index (κ2) is 6.41. The lowest BCUT2D eigenvalue weighted by molar-refractivity contribution is 0.0696. The maximum Gasteiger partial charge on any atom is 0.335 e. The van der Waals surface area contributed by atoms with E-state index in [0.29, 0.717) is 11.3 Å². The fourth-order valence-electron chi connectivity index (χ4n) is 1.70. The highest BCUT2D eigenvalue weighted by atomic mass is 32.2. The number of aromatic carboxylic acids is 1. The number of amides is 1. The van der Waals surface area contributed by atoms with Crippen LogP contribution in [0, 0.1) is 5.82 Å². The van der Waals surface area contributed by atoms with E-state index in [9.17, 15) is 14.0 Å². The number of hydrogen-bond donors (Lipinski definition) is 2. The predicted octanol–water partition coefficient (Wildman–Crippen LogP) is 2.92. The molecule has 4 nitrogen and oxygen atoms in total. The summed E-state index contributed by atoms with van der Waals surface area (Å²) in [4.78, 5) is 22.5. The zero-order valence-electron chi connectivity index (χ0n) is 10.9. The number of primary amides is 1. The van der Waals surface area contributed by atoms with E-state index in [4.69, 9.17) is 10.8 Å². The van der Waals surface area contributed by atoms with Gasteiger partial charge in [-0.15, -0.1) is 11.8 Å². The molecule has 0 saturated heterocycles. The Morgan fingerprint density at radius 3 is 2.52 bits per heavy atom. The molecule has 108 valence electrons. The first-order valence-corrected chi connectivity index (χ1v) is 7.00. The molecule has 0 spiro atoms. The van der Waals surface area contributed by atoms with Crippen LogP contribution in [0.1, 0.15) is 26.3 Å². The summed E-state index contributed by atoms with van der Waals surface area (Å²) in [5.74, 6) is -1.86. The van der Waals surface area contributed by atoms with Gasteiger partial charge in [-0.3, -0.25) is 4.79 Å². The number of hydrogen-bond acceptors (Lipinski definition) is 3.